The fraction of sp³-hybridized carbons (Fsp3) is 0.471. The van der Waals surface area contributed by atoms with Crippen molar-refractivity contribution in [3.63, 3.8) is 0 Å². The maximum atomic E-state index is 5.00. The minimum absolute atomic E-state index is 0.581. The Hall–Kier alpha value is -1.65. The van der Waals surface area contributed by atoms with Crippen LogP contribution in [0.15, 0.2) is 36.8 Å². The number of methoxy groups -OCH3 is 1. The van der Waals surface area contributed by atoms with Gasteiger partial charge in [-0.3, -0.25) is 0 Å². The van der Waals surface area contributed by atoms with Crippen LogP contribution in [-0.2, 0) is 17.8 Å². The number of hydrogen-bond donors (Lipinski definition) is 1. The van der Waals surface area contributed by atoms with Gasteiger partial charge in [0.2, 0.25) is 0 Å². The molecular weight excluding hydrogens is 262 g/mol. The Morgan fingerprint density at radius 1 is 1.24 bits per heavy atom. The first kappa shape index (κ1) is 15.7. The van der Waals surface area contributed by atoms with Crippen LogP contribution in [0.4, 0.5) is 0 Å². The van der Waals surface area contributed by atoms with Crippen molar-refractivity contribution in [3.8, 4) is 0 Å². The van der Waals surface area contributed by atoms with E-state index in [9.17, 15) is 0 Å². The van der Waals surface area contributed by atoms with Crippen molar-refractivity contribution in [1.82, 2.24) is 14.9 Å². The number of rotatable bonds is 8. The molecule has 4 nitrogen and oxygen atoms in total. The number of imidazole rings is 1. The van der Waals surface area contributed by atoms with Gasteiger partial charge < -0.3 is 14.6 Å². The predicted octanol–water partition coefficient (Wildman–Crippen LogP) is 2.79. The molecule has 4 heteroatoms. The quantitative estimate of drug-likeness (QED) is 0.759. The number of nitrogens with one attached hydrogen (secondary N) is 1. The lowest BCUT2D eigenvalue weighted by atomic mass is 10.0. The van der Waals surface area contributed by atoms with Gasteiger partial charge in [-0.15, -0.1) is 0 Å². The summed E-state index contributed by atoms with van der Waals surface area (Å²) in [6.45, 7) is 7.65. The van der Waals surface area contributed by atoms with Crippen LogP contribution in [0.5, 0.6) is 0 Å². The van der Waals surface area contributed by atoms with Crippen LogP contribution < -0.4 is 5.32 Å². The van der Waals surface area contributed by atoms with Gasteiger partial charge in [0.05, 0.1) is 18.6 Å². The molecule has 0 spiro atoms. The number of nitrogens with zero attached hydrogens (tertiary/aromatic N) is 2. The molecule has 1 heterocycles. The Morgan fingerprint density at radius 2 is 2.00 bits per heavy atom. The lowest BCUT2D eigenvalue weighted by molar-refractivity contribution is 0.199. The summed E-state index contributed by atoms with van der Waals surface area (Å²) < 4.78 is 7.12. The fourth-order valence-corrected chi connectivity index (χ4v) is 2.19. The molecule has 1 aromatic heterocycles. The normalized spacial score (nSPS) is 11.2. The molecule has 0 atom stereocenters. The second kappa shape index (κ2) is 7.96. The van der Waals surface area contributed by atoms with Gasteiger partial charge >= 0.3 is 0 Å². The molecule has 0 radical (unpaired) electrons. The van der Waals surface area contributed by atoms with E-state index in [1.165, 1.54) is 11.1 Å². The van der Waals surface area contributed by atoms with Crippen molar-refractivity contribution in [2.45, 2.75) is 32.9 Å². The second-order valence-electron chi connectivity index (χ2n) is 5.60. The van der Waals surface area contributed by atoms with E-state index in [-0.39, 0.29) is 0 Å². The Labute approximate surface area is 127 Å². The summed E-state index contributed by atoms with van der Waals surface area (Å²) >= 11 is 0. The molecule has 0 saturated heterocycles. The van der Waals surface area contributed by atoms with Crippen LogP contribution in [-0.4, -0.2) is 29.8 Å². The van der Waals surface area contributed by atoms with Gasteiger partial charge in [-0.25, -0.2) is 4.98 Å². The summed E-state index contributed by atoms with van der Waals surface area (Å²) in [5, 5.41) is 3.30. The average molecular weight is 287 g/mol. The second-order valence-corrected chi connectivity index (χ2v) is 5.60. The third-order valence-electron chi connectivity index (χ3n) is 3.49. The average Bonchev–Trinajstić information content (AvgIpc) is 2.92. The lowest BCUT2D eigenvalue weighted by Gasteiger charge is -2.07. The Balaban J connectivity index is 1.86. The highest BCUT2D eigenvalue weighted by Crippen LogP contribution is 2.15. The van der Waals surface area contributed by atoms with Gasteiger partial charge in [0, 0.05) is 32.9 Å². The summed E-state index contributed by atoms with van der Waals surface area (Å²) in [6, 6.07) is 8.83. The Kier molecular flexibility index (Phi) is 5.96. The maximum Gasteiger partial charge on any atom is 0.0953 e. The first-order valence-corrected chi connectivity index (χ1v) is 7.48. The zero-order valence-corrected chi connectivity index (χ0v) is 13.2. The number of aromatic nitrogens is 2. The van der Waals surface area contributed by atoms with Gasteiger partial charge in [-0.2, -0.15) is 0 Å². The highest BCUT2D eigenvalue weighted by Gasteiger charge is 2.02. The molecule has 114 valence electrons. The molecule has 1 aromatic carbocycles. The molecule has 0 amide bonds. The van der Waals surface area contributed by atoms with Crippen LogP contribution in [0.1, 0.15) is 36.6 Å². The molecule has 0 bridgehead atoms. The lowest BCUT2D eigenvalue weighted by Crippen LogP contribution is -2.18. The van der Waals surface area contributed by atoms with Crippen molar-refractivity contribution < 1.29 is 4.74 Å². The Morgan fingerprint density at radius 3 is 2.67 bits per heavy atom. The molecule has 2 aromatic rings. The van der Waals surface area contributed by atoms with E-state index in [4.69, 9.17) is 4.74 Å². The van der Waals surface area contributed by atoms with Crippen LogP contribution in [0.25, 0.3) is 0 Å². The molecule has 0 fully saturated rings. The number of benzene rings is 1. The fourth-order valence-electron chi connectivity index (χ4n) is 2.19. The van der Waals surface area contributed by atoms with E-state index in [2.05, 4.69) is 59.2 Å². The number of hydrogen-bond acceptors (Lipinski definition) is 3. The summed E-state index contributed by atoms with van der Waals surface area (Å²) in [7, 11) is 1.71. The molecular formula is C17H25N3O. The molecule has 21 heavy (non-hydrogen) atoms. The number of ether oxygens (including phenoxy) is 1. The van der Waals surface area contributed by atoms with Crippen LogP contribution >= 0.6 is 0 Å². The van der Waals surface area contributed by atoms with Crippen molar-refractivity contribution in [3.05, 3.63) is 53.6 Å². The van der Waals surface area contributed by atoms with Crippen molar-refractivity contribution in [2.24, 2.45) is 0 Å². The van der Waals surface area contributed by atoms with Crippen molar-refractivity contribution in [1.29, 1.82) is 0 Å². The van der Waals surface area contributed by atoms with E-state index in [0.29, 0.717) is 5.92 Å². The summed E-state index contributed by atoms with van der Waals surface area (Å²) in [5.74, 6) is 0.581. The minimum Gasteiger partial charge on any atom is -0.383 e. The minimum atomic E-state index is 0.581. The highest BCUT2D eigenvalue weighted by atomic mass is 16.5. The molecule has 0 aliphatic heterocycles. The zero-order chi connectivity index (χ0) is 15.1. The molecule has 1 N–H and O–H groups in total. The van der Waals surface area contributed by atoms with E-state index < -0.39 is 0 Å². The molecule has 0 aliphatic carbocycles. The van der Waals surface area contributed by atoms with E-state index in [1.54, 1.807) is 7.11 Å². The first-order chi connectivity index (χ1) is 10.2. The van der Waals surface area contributed by atoms with Crippen LogP contribution in [0, 0.1) is 0 Å². The van der Waals surface area contributed by atoms with E-state index in [0.717, 1.165) is 31.9 Å². The zero-order valence-electron chi connectivity index (χ0n) is 13.2. The molecule has 0 saturated carbocycles. The van der Waals surface area contributed by atoms with E-state index >= 15 is 0 Å². The SMILES string of the molecule is COCCNCc1cn(Cc2ccc(C(C)C)cc2)cn1. The van der Waals surface area contributed by atoms with E-state index in [1.807, 2.05) is 6.33 Å². The van der Waals surface area contributed by atoms with Gasteiger partial charge in [-0.1, -0.05) is 38.1 Å². The van der Waals surface area contributed by atoms with Gasteiger partial charge in [-0.05, 0) is 17.0 Å². The van der Waals surface area contributed by atoms with Gasteiger partial charge in [0.25, 0.3) is 0 Å². The standard InChI is InChI=1S/C17H25N3O/c1-14(2)16-6-4-15(5-7-16)11-20-12-17(19-13-20)10-18-8-9-21-3/h4-7,12-14,18H,8-11H2,1-3H3. The van der Waals surface area contributed by atoms with Crippen molar-refractivity contribution >= 4 is 0 Å². The molecule has 0 aliphatic rings. The monoisotopic (exact) mass is 287 g/mol. The predicted molar refractivity (Wildman–Crippen MR) is 85.4 cm³/mol. The Bertz CT molecular complexity index is 531. The van der Waals surface area contributed by atoms with Crippen LogP contribution in [0.2, 0.25) is 0 Å². The van der Waals surface area contributed by atoms with Crippen molar-refractivity contribution in [2.75, 3.05) is 20.3 Å². The summed E-state index contributed by atoms with van der Waals surface area (Å²) in [4.78, 5) is 4.42. The van der Waals surface area contributed by atoms with Gasteiger partial charge in [0.1, 0.15) is 0 Å². The highest BCUT2D eigenvalue weighted by molar-refractivity contribution is 5.25. The molecule has 2 rings (SSSR count). The summed E-state index contributed by atoms with van der Waals surface area (Å²) in [5.41, 5.74) is 3.74. The van der Waals surface area contributed by atoms with Gasteiger partial charge in [0.15, 0.2) is 0 Å². The maximum absolute atomic E-state index is 5.00. The van der Waals surface area contributed by atoms with Crippen LogP contribution in [0.3, 0.4) is 0 Å². The largest absolute Gasteiger partial charge is 0.383 e. The summed E-state index contributed by atoms with van der Waals surface area (Å²) in [6.07, 6.45) is 3.99. The molecule has 0 unspecified atom stereocenters. The third kappa shape index (κ3) is 4.99. The smallest absolute Gasteiger partial charge is 0.0953 e. The topological polar surface area (TPSA) is 39.1 Å². The first-order valence-electron chi connectivity index (χ1n) is 7.48. The third-order valence-corrected chi connectivity index (χ3v) is 3.49.